The third-order valence-corrected chi connectivity index (χ3v) is 1.99. The molecule has 0 atom stereocenters. The Morgan fingerprint density at radius 1 is 1.40 bits per heavy atom. The van der Waals surface area contributed by atoms with Crippen molar-refractivity contribution < 1.29 is 0 Å². The summed E-state index contributed by atoms with van der Waals surface area (Å²) in [5.41, 5.74) is 2.45. The molecule has 0 saturated heterocycles. The van der Waals surface area contributed by atoms with Crippen molar-refractivity contribution in [2.24, 2.45) is 0 Å². The molecular formula is C8H14N2. The molecule has 0 aromatic heterocycles. The van der Waals surface area contributed by atoms with Crippen LogP contribution >= 0.6 is 0 Å². The van der Waals surface area contributed by atoms with Crippen LogP contribution < -0.4 is 5.32 Å². The van der Waals surface area contributed by atoms with Gasteiger partial charge in [0.1, 0.15) is 0 Å². The lowest BCUT2D eigenvalue weighted by Gasteiger charge is -2.16. The van der Waals surface area contributed by atoms with Gasteiger partial charge in [0.05, 0.1) is 0 Å². The van der Waals surface area contributed by atoms with E-state index in [-0.39, 0.29) is 0 Å². The van der Waals surface area contributed by atoms with E-state index >= 15 is 0 Å². The van der Waals surface area contributed by atoms with Crippen LogP contribution in [0.4, 0.5) is 0 Å². The number of hydrogen-bond acceptors (Lipinski definition) is 2. The largest absolute Gasteiger partial charge is 0.391 e. The highest BCUT2D eigenvalue weighted by Crippen LogP contribution is 2.20. The first-order chi connectivity index (χ1) is 4.88. The summed E-state index contributed by atoms with van der Waals surface area (Å²) in [5, 5.41) is 10.2. The lowest BCUT2D eigenvalue weighted by Crippen LogP contribution is -2.13. The highest BCUT2D eigenvalue weighted by Gasteiger charge is 2.08. The van der Waals surface area contributed by atoms with Crippen LogP contribution in [0.25, 0.3) is 0 Å². The van der Waals surface area contributed by atoms with E-state index in [9.17, 15) is 0 Å². The van der Waals surface area contributed by atoms with E-state index in [1.54, 1.807) is 0 Å². The van der Waals surface area contributed by atoms with Gasteiger partial charge in [0.15, 0.2) is 0 Å². The van der Waals surface area contributed by atoms with E-state index in [0.717, 1.165) is 12.8 Å². The molecular weight excluding hydrogens is 124 g/mol. The molecule has 0 saturated carbocycles. The van der Waals surface area contributed by atoms with Crippen LogP contribution in [0.2, 0.25) is 0 Å². The van der Waals surface area contributed by atoms with Gasteiger partial charge in [-0.05, 0) is 31.3 Å². The van der Waals surface area contributed by atoms with Gasteiger partial charge in [0.25, 0.3) is 0 Å². The molecule has 0 fully saturated rings. The fourth-order valence-electron chi connectivity index (χ4n) is 1.37. The van der Waals surface area contributed by atoms with Crippen LogP contribution in [-0.4, -0.2) is 13.3 Å². The molecule has 0 aromatic carbocycles. The predicted molar refractivity (Wildman–Crippen MR) is 43.3 cm³/mol. The first-order valence-electron chi connectivity index (χ1n) is 3.78. The molecule has 1 aliphatic rings. The maximum Gasteiger partial charge on any atom is 0.0227 e. The molecule has 1 aliphatic carbocycles. The summed E-state index contributed by atoms with van der Waals surface area (Å²) in [6, 6.07) is 0. The zero-order valence-electron chi connectivity index (χ0n) is 6.41. The summed E-state index contributed by atoms with van der Waals surface area (Å²) < 4.78 is 0. The zero-order chi connectivity index (χ0) is 7.40. The van der Waals surface area contributed by atoms with Crippen molar-refractivity contribution in [2.45, 2.75) is 25.7 Å². The molecule has 10 heavy (non-hydrogen) atoms. The molecule has 1 rings (SSSR count). The minimum atomic E-state index is 1.08. The molecule has 0 heterocycles. The maximum atomic E-state index is 7.11. The van der Waals surface area contributed by atoms with Crippen molar-refractivity contribution in [2.75, 3.05) is 7.05 Å². The standard InChI is InChI=1S/C8H14N2/c1-10-8-5-3-2-4-7(8)6-9/h6,9-10H,2-5H2,1H3. The highest BCUT2D eigenvalue weighted by atomic mass is 14.8. The molecule has 0 aromatic rings. The third-order valence-electron chi connectivity index (χ3n) is 1.99. The quantitative estimate of drug-likeness (QED) is 0.559. The van der Waals surface area contributed by atoms with Crippen LogP contribution in [-0.2, 0) is 0 Å². The molecule has 0 amide bonds. The summed E-state index contributed by atoms with van der Waals surface area (Å²) >= 11 is 0. The van der Waals surface area contributed by atoms with Crippen LogP contribution in [0.1, 0.15) is 25.7 Å². The van der Waals surface area contributed by atoms with Crippen molar-refractivity contribution >= 4 is 6.21 Å². The van der Waals surface area contributed by atoms with Crippen molar-refractivity contribution in [3.63, 3.8) is 0 Å². The summed E-state index contributed by atoms with van der Waals surface area (Å²) in [4.78, 5) is 0. The number of nitrogens with one attached hydrogen (secondary N) is 2. The Labute approximate surface area is 61.8 Å². The molecule has 0 radical (unpaired) electrons. The minimum absolute atomic E-state index is 1.08. The monoisotopic (exact) mass is 138 g/mol. The van der Waals surface area contributed by atoms with E-state index in [0.29, 0.717) is 0 Å². The Morgan fingerprint density at radius 2 is 2.10 bits per heavy atom. The smallest absolute Gasteiger partial charge is 0.0227 e. The van der Waals surface area contributed by atoms with Gasteiger partial charge in [-0.25, -0.2) is 0 Å². The van der Waals surface area contributed by atoms with Crippen LogP contribution in [0.3, 0.4) is 0 Å². The van der Waals surface area contributed by atoms with E-state index in [1.807, 2.05) is 7.05 Å². The topological polar surface area (TPSA) is 35.9 Å². The van der Waals surface area contributed by atoms with Crippen LogP contribution in [0.5, 0.6) is 0 Å². The fraction of sp³-hybridized carbons (Fsp3) is 0.625. The molecule has 2 N–H and O–H groups in total. The van der Waals surface area contributed by atoms with E-state index in [4.69, 9.17) is 5.41 Å². The molecule has 2 nitrogen and oxygen atoms in total. The molecule has 0 spiro atoms. The van der Waals surface area contributed by atoms with E-state index in [1.165, 1.54) is 30.3 Å². The van der Waals surface area contributed by atoms with Crippen molar-refractivity contribution in [3.05, 3.63) is 11.3 Å². The number of rotatable bonds is 2. The Balaban J connectivity index is 2.72. The van der Waals surface area contributed by atoms with Crippen LogP contribution in [0, 0.1) is 5.41 Å². The Kier molecular flexibility index (Phi) is 2.49. The van der Waals surface area contributed by atoms with E-state index in [2.05, 4.69) is 5.32 Å². The molecule has 0 unspecified atom stereocenters. The Bertz CT molecular complexity index is 159. The first kappa shape index (κ1) is 7.32. The predicted octanol–water partition coefficient (Wildman–Crippen LogP) is 1.68. The average Bonchev–Trinajstić information content (AvgIpc) is 2.04. The highest BCUT2D eigenvalue weighted by molar-refractivity contribution is 5.77. The minimum Gasteiger partial charge on any atom is -0.391 e. The zero-order valence-corrected chi connectivity index (χ0v) is 6.41. The van der Waals surface area contributed by atoms with Gasteiger partial charge in [-0.15, -0.1) is 0 Å². The maximum absolute atomic E-state index is 7.11. The summed E-state index contributed by atoms with van der Waals surface area (Å²) in [5.74, 6) is 0. The van der Waals surface area contributed by atoms with Crippen molar-refractivity contribution in [3.8, 4) is 0 Å². The third kappa shape index (κ3) is 1.38. The molecule has 2 heteroatoms. The Hall–Kier alpha value is -0.790. The van der Waals surface area contributed by atoms with Gasteiger partial charge >= 0.3 is 0 Å². The van der Waals surface area contributed by atoms with Gasteiger partial charge in [-0.2, -0.15) is 0 Å². The second-order valence-electron chi connectivity index (χ2n) is 2.61. The summed E-state index contributed by atoms with van der Waals surface area (Å²) in [7, 11) is 1.93. The van der Waals surface area contributed by atoms with Gasteiger partial charge in [0, 0.05) is 19.0 Å². The van der Waals surface area contributed by atoms with Crippen molar-refractivity contribution in [1.29, 1.82) is 5.41 Å². The molecule has 0 bridgehead atoms. The summed E-state index contributed by atoms with van der Waals surface area (Å²) in [6.07, 6.45) is 6.20. The van der Waals surface area contributed by atoms with Gasteiger partial charge in [-0.3, -0.25) is 0 Å². The van der Waals surface area contributed by atoms with E-state index < -0.39 is 0 Å². The first-order valence-corrected chi connectivity index (χ1v) is 3.78. The lowest BCUT2D eigenvalue weighted by atomic mass is 9.97. The second kappa shape index (κ2) is 3.40. The van der Waals surface area contributed by atoms with Crippen molar-refractivity contribution in [1.82, 2.24) is 5.32 Å². The van der Waals surface area contributed by atoms with Crippen LogP contribution in [0.15, 0.2) is 11.3 Å². The average molecular weight is 138 g/mol. The normalized spacial score (nSPS) is 18.9. The fourth-order valence-corrected chi connectivity index (χ4v) is 1.37. The number of allylic oxidation sites excluding steroid dienone is 2. The second-order valence-corrected chi connectivity index (χ2v) is 2.61. The Morgan fingerprint density at radius 3 is 2.60 bits per heavy atom. The van der Waals surface area contributed by atoms with Gasteiger partial charge in [-0.1, -0.05) is 0 Å². The SMILES string of the molecule is CNC1=C(C=N)CCCC1. The molecule has 56 valence electrons. The van der Waals surface area contributed by atoms with Gasteiger partial charge in [0.2, 0.25) is 0 Å². The molecule has 0 aliphatic heterocycles. The summed E-state index contributed by atoms with van der Waals surface area (Å²) in [6.45, 7) is 0. The number of hydrogen-bond donors (Lipinski definition) is 2. The van der Waals surface area contributed by atoms with Gasteiger partial charge < -0.3 is 10.7 Å². The lowest BCUT2D eigenvalue weighted by molar-refractivity contribution is 0.655.